The molecule has 1 aliphatic carbocycles. The lowest BCUT2D eigenvalue weighted by Crippen LogP contribution is -2.29. The molecule has 1 heterocycles. The summed E-state index contributed by atoms with van der Waals surface area (Å²) in [6.07, 6.45) is 1.89. The van der Waals surface area contributed by atoms with Crippen molar-refractivity contribution < 1.29 is 9.53 Å². The van der Waals surface area contributed by atoms with Crippen LogP contribution in [0.3, 0.4) is 0 Å². The highest BCUT2D eigenvalue weighted by atomic mass is 79.9. The van der Waals surface area contributed by atoms with Gasteiger partial charge in [0.05, 0.1) is 10.7 Å². The number of fused-ring (bicyclic) bond motifs is 2. The molecular formula is C13H12Br2O2. The topological polar surface area (TPSA) is 26.3 Å². The molecule has 2 bridgehead atoms. The van der Waals surface area contributed by atoms with Crippen molar-refractivity contribution in [2.24, 2.45) is 5.92 Å². The number of ether oxygens (including phenoxy) is 1. The highest BCUT2D eigenvalue weighted by Gasteiger charge is 2.48. The molecule has 0 amide bonds. The van der Waals surface area contributed by atoms with Crippen LogP contribution in [0.2, 0.25) is 0 Å². The summed E-state index contributed by atoms with van der Waals surface area (Å²) >= 11 is 7.21. The van der Waals surface area contributed by atoms with Crippen LogP contribution >= 0.6 is 31.9 Å². The molecule has 1 aromatic rings. The van der Waals surface area contributed by atoms with Gasteiger partial charge in [0.1, 0.15) is 6.10 Å². The Kier molecular flexibility index (Phi) is 3.03. The van der Waals surface area contributed by atoms with Crippen LogP contribution in [0, 0.1) is 5.92 Å². The molecule has 17 heavy (non-hydrogen) atoms. The van der Waals surface area contributed by atoms with E-state index < -0.39 is 0 Å². The van der Waals surface area contributed by atoms with Crippen LogP contribution in [0.5, 0.6) is 0 Å². The Balaban J connectivity index is 1.98. The van der Waals surface area contributed by atoms with Crippen LogP contribution in [-0.4, -0.2) is 16.9 Å². The summed E-state index contributed by atoms with van der Waals surface area (Å²) in [7, 11) is 0. The SMILES string of the molecule is O=C1O[C@@H]2C[C@H]1[C@H](c1ccccc1Br)C[C@H]2Br. The van der Waals surface area contributed by atoms with Crippen molar-refractivity contribution in [1.82, 2.24) is 0 Å². The summed E-state index contributed by atoms with van der Waals surface area (Å²) < 4.78 is 6.47. The summed E-state index contributed by atoms with van der Waals surface area (Å²) in [5.41, 5.74) is 1.22. The summed E-state index contributed by atoms with van der Waals surface area (Å²) in [4.78, 5) is 12.1. The number of benzene rings is 1. The van der Waals surface area contributed by atoms with Crippen LogP contribution in [0.4, 0.5) is 0 Å². The van der Waals surface area contributed by atoms with Crippen molar-refractivity contribution in [3.8, 4) is 0 Å². The first-order valence-electron chi connectivity index (χ1n) is 5.76. The number of halogens is 2. The fraction of sp³-hybridized carbons (Fsp3) is 0.462. The van der Waals surface area contributed by atoms with Crippen molar-refractivity contribution in [2.75, 3.05) is 0 Å². The predicted molar refractivity (Wildman–Crippen MR) is 72.2 cm³/mol. The third kappa shape index (κ3) is 1.95. The molecule has 4 heteroatoms. The van der Waals surface area contributed by atoms with Gasteiger partial charge in [-0.1, -0.05) is 50.1 Å². The first-order chi connectivity index (χ1) is 8.16. The number of carbonyl (C=O) groups is 1. The minimum Gasteiger partial charge on any atom is -0.461 e. The highest BCUT2D eigenvalue weighted by Crippen LogP contribution is 2.47. The predicted octanol–water partition coefficient (Wildman–Crippen LogP) is 3.63. The molecule has 3 rings (SSSR count). The molecule has 1 saturated carbocycles. The Labute approximate surface area is 117 Å². The van der Waals surface area contributed by atoms with Gasteiger partial charge in [-0.3, -0.25) is 4.79 Å². The lowest BCUT2D eigenvalue weighted by atomic mass is 9.76. The van der Waals surface area contributed by atoms with Crippen molar-refractivity contribution in [3.63, 3.8) is 0 Å². The summed E-state index contributed by atoms with van der Waals surface area (Å²) in [5, 5.41) is 0. The quantitative estimate of drug-likeness (QED) is 0.565. The van der Waals surface area contributed by atoms with E-state index in [0.717, 1.165) is 17.3 Å². The maximum absolute atomic E-state index is 11.8. The average Bonchev–Trinajstić information content (AvgIpc) is 2.64. The normalized spacial score (nSPS) is 35.8. The lowest BCUT2D eigenvalue weighted by Gasteiger charge is -2.29. The second kappa shape index (κ2) is 4.39. The summed E-state index contributed by atoms with van der Waals surface area (Å²) in [5.74, 6) is 0.270. The van der Waals surface area contributed by atoms with Crippen LogP contribution in [0.15, 0.2) is 28.7 Å². The van der Waals surface area contributed by atoms with Crippen LogP contribution < -0.4 is 0 Å². The second-order valence-corrected chi connectivity index (χ2v) is 6.73. The van der Waals surface area contributed by atoms with Gasteiger partial charge < -0.3 is 4.74 Å². The smallest absolute Gasteiger partial charge is 0.310 e. The van der Waals surface area contributed by atoms with Gasteiger partial charge in [0.2, 0.25) is 0 Å². The number of esters is 1. The minimum atomic E-state index is -0.0299. The van der Waals surface area contributed by atoms with E-state index in [1.165, 1.54) is 5.56 Å². The molecule has 2 nitrogen and oxygen atoms in total. The zero-order chi connectivity index (χ0) is 12.0. The molecule has 1 aliphatic heterocycles. The molecule has 2 fully saturated rings. The van der Waals surface area contributed by atoms with E-state index in [1.807, 2.05) is 18.2 Å². The van der Waals surface area contributed by atoms with Crippen molar-refractivity contribution >= 4 is 37.8 Å². The number of alkyl halides is 1. The molecule has 0 aromatic heterocycles. The minimum absolute atomic E-state index is 0.0299. The Morgan fingerprint density at radius 1 is 1.18 bits per heavy atom. The highest BCUT2D eigenvalue weighted by molar-refractivity contribution is 9.10. The summed E-state index contributed by atoms with van der Waals surface area (Å²) in [6.45, 7) is 0. The van der Waals surface area contributed by atoms with Gasteiger partial charge in [-0.15, -0.1) is 0 Å². The van der Waals surface area contributed by atoms with Crippen molar-refractivity contribution in [3.05, 3.63) is 34.3 Å². The van der Waals surface area contributed by atoms with Crippen LogP contribution in [-0.2, 0) is 9.53 Å². The van der Waals surface area contributed by atoms with E-state index in [2.05, 4.69) is 37.9 Å². The van der Waals surface area contributed by atoms with Gasteiger partial charge in [-0.05, 0) is 30.4 Å². The van der Waals surface area contributed by atoms with Gasteiger partial charge in [0, 0.05) is 4.47 Å². The van der Waals surface area contributed by atoms with E-state index in [1.54, 1.807) is 0 Å². The third-order valence-electron chi connectivity index (χ3n) is 3.73. The van der Waals surface area contributed by atoms with Crippen molar-refractivity contribution in [2.45, 2.75) is 29.7 Å². The molecule has 1 saturated heterocycles. The fourth-order valence-electron chi connectivity index (χ4n) is 2.86. The lowest BCUT2D eigenvalue weighted by molar-refractivity contribution is -0.143. The second-order valence-electron chi connectivity index (χ2n) is 4.70. The van der Waals surface area contributed by atoms with Crippen molar-refractivity contribution in [1.29, 1.82) is 0 Å². The molecule has 0 radical (unpaired) electrons. The molecule has 0 N–H and O–H groups in total. The van der Waals surface area contributed by atoms with Gasteiger partial charge in [-0.2, -0.15) is 0 Å². The van der Waals surface area contributed by atoms with Gasteiger partial charge in [0.15, 0.2) is 0 Å². The molecule has 0 spiro atoms. The van der Waals surface area contributed by atoms with E-state index in [9.17, 15) is 4.79 Å². The number of hydrogen-bond donors (Lipinski definition) is 0. The third-order valence-corrected chi connectivity index (χ3v) is 5.42. The molecular weight excluding hydrogens is 348 g/mol. The first kappa shape index (κ1) is 11.7. The Morgan fingerprint density at radius 2 is 1.94 bits per heavy atom. The Morgan fingerprint density at radius 3 is 2.71 bits per heavy atom. The standard InChI is InChI=1S/C13H12Br2O2/c14-10-4-2-1-3-7(10)8-5-11(15)12-6-9(8)13(16)17-12/h1-4,8-9,11-12H,5-6H2/t8-,9-,11+,12+/m0/s1. The monoisotopic (exact) mass is 358 g/mol. The zero-order valence-corrected chi connectivity index (χ0v) is 12.3. The average molecular weight is 360 g/mol. The van der Waals surface area contributed by atoms with E-state index >= 15 is 0 Å². The van der Waals surface area contributed by atoms with E-state index in [-0.39, 0.29) is 28.7 Å². The molecule has 0 unspecified atom stereocenters. The molecule has 4 atom stereocenters. The van der Waals surface area contributed by atoms with Crippen LogP contribution in [0.1, 0.15) is 24.3 Å². The summed E-state index contributed by atoms with van der Waals surface area (Å²) in [6, 6.07) is 8.15. The van der Waals surface area contributed by atoms with Gasteiger partial charge >= 0.3 is 5.97 Å². The van der Waals surface area contributed by atoms with E-state index in [0.29, 0.717) is 0 Å². The number of rotatable bonds is 1. The largest absolute Gasteiger partial charge is 0.461 e. The Hall–Kier alpha value is -0.350. The zero-order valence-electron chi connectivity index (χ0n) is 9.11. The fourth-order valence-corrected chi connectivity index (χ4v) is 4.16. The maximum Gasteiger partial charge on any atom is 0.310 e. The molecule has 2 aliphatic rings. The van der Waals surface area contributed by atoms with Gasteiger partial charge in [-0.25, -0.2) is 0 Å². The number of carbonyl (C=O) groups excluding carboxylic acids is 1. The van der Waals surface area contributed by atoms with Gasteiger partial charge in [0.25, 0.3) is 0 Å². The van der Waals surface area contributed by atoms with E-state index in [4.69, 9.17) is 4.74 Å². The maximum atomic E-state index is 11.8. The number of hydrogen-bond acceptors (Lipinski definition) is 2. The first-order valence-corrected chi connectivity index (χ1v) is 7.46. The molecule has 90 valence electrons. The molecule has 1 aromatic carbocycles. The Bertz CT molecular complexity index is 460. The van der Waals surface area contributed by atoms with Crippen LogP contribution in [0.25, 0.3) is 0 Å².